The smallest absolute Gasteiger partial charge is 0.273 e. The van der Waals surface area contributed by atoms with Gasteiger partial charge in [0.05, 0.1) is 5.75 Å². The number of nitrogens with zero attached hydrogens (tertiary/aromatic N) is 1. The molecule has 2 aromatic rings. The van der Waals surface area contributed by atoms with Crippen molar-refractivity contribution in [2.75, 3.05) is 10.8 Å². The molecule has 2 rings (SSSR count). The molecule has 0 aliphatic heterocycles. The summed E-state index contributed by atoms with van der Waals surface area (Å²) in [5.74, 6) is -0.960. The lowest BCUT2D eigenvalue weighted by atomic mass is 10.1. The molecule has 0 atom stereocenters. The van der Waals surface area contributed by atoms with Crippen LogP contribution in [0.4, 0.5) is 5.69 Å². The Morgan fingerprint density at radius 1 is 0.941 bits per heavy atom. The number of benzene rings is 2. The standard InChI is InChI=1S/C26H37ClN2O4S/c1-3-4-5-6-7-8-9-10-11-15-18-34(32,33)28-29(26(31)22-16-13-12-14-17-22)24-20-23(27)21(2)19-25(24)30/h12-14,16-17,19-20,28,30H,3-11,15,18H2,1-2H3. The third kappa shape index (κ3) is 9.28. The largest absolute Gasteiger partial charge is 0.506 e. The van der Waals surface area contributed by atoms with Crippen LogP contribution < -0.4 is 9.84 Å². The molecule has 0 spiro atoms. The van der Waals surface area contributed by atoms with Crippen molar-refractivity contribution in [1.29, 1.82) is 0 Å². The molecule has 188 valence electrons. The van der Waals surface area contributed by atoms with Gasteiger partial charge in [0.2, 0.25) is 10.0 Å². The Labute approximate surface area is 209 Å². The number of carbonyl (C=O) groups is 1. The number of hydrogen-bond donors (Lipinski definition) is 2. The molecule has 0 saturated carbocycles. The van der Waals surface area contributed by atoms with Crippen LogP contribution in [0.25, 0.3) is 0 Å². The van der Waals surface area contributed by atoms with Gasteiger partial charge in [-0.1, -0.05) is 94.5 Å². The molecule has 1 amide bonds. The average Bonchev–Trinajstić information content (AvgIpc) is 2.81. The van der Waals surface area contributed by atoms with Crippen molar-refractivity contribution in [1.82, 2.24) is 4.83 Å². The molecule has 2 aromatic carbocycles. The number of rotatable bonds is 15. The molecule has 0 aliphatic rings. The average molecular weight is 509 g/mol. The van der Waals surface area contributed by atoms with Crippen molar-refractivity contribution in [3.8, 4) is 5.75 Å². The predicted octanol–water partition coefficient (Wildman–Crippen LogP) is 6.76. The number of aryl methyl sites for hydroxylation is 1. The molecule has 0 bridgehead atoms. The van der Waals surface area contributed by atoms with Gasteiger partial charge in [0.25, 0.3) is 5.91 Å². The molecular weight excluding hydrogens is 472 g/mol. The van der Waals surface area contributed by atoms with Crippen LogP contribution in [0, 0.1) is 6.92 Å². The second kappa shape index (κ2) is 14.3. The van der Waals surface area contributed by atoms with E-state index in [-0.39, 0.29) is 22.8 Å². The van der Waals surface area contributed by atoms with E-state index in [9.17, 15) is 18.3 Å². The van der Waals surface area contributed by atoms with Crippen LogP contribution >= 0.6 is 11.6 Å². The fourth-order valence-corrected chi connectivity index (χ4v) is 5.00. The van der Waals surface area contributed by atoms with Gasteiger partial charge in [-0.15, -0.1) is 4.83 Å². The molecular formula is C26H37ClN2O4S. The molecule has 2 N–H and O–H groups in total. The molecule has 0 heterocycles. The number of phenolic OH excluding ortho intramolecular Hbond substituents is 1. The molecule has 0 radical (unpaired) electrons. The maximum absolute atomic E-state index is 13.2. The summed E-state index contributed by atoms with van der Waals surface area (Å²) >= 11 is 6.20. The maximum atomic E-state index is 13.2. The Balaban J connectivity index is 1.99. The minimum absolute atomic E-state index is 0.0175. The number of carbonyl (C=O) groups excluding carboxylic acids is 1. The molecule has 0 aromatic heterocycles. The van der Waals surface area contributed by atoms with Crippen LogP contribution in [0.3, 0.4) is 0 Å². The molecule has 8 heteroatoms. The summed E-state index contributed by atoms with van der Waals surface area (Å²) in [6.45, 7) is 3.92. The number of nitrogens with one attached hydrogen (secondary N) is 1. The number of aromatic hydroxyl groups is 1. The summed E-state index contributed by atoms with van der Waals surface area (Å²) in [5, 5.41) is 11.6. The van der Waals surface area contributed by atoms with E-state index in [1.807, 2.05) is 0 Å². The quantitative estimate of drug-likeness (QED) is 0.205. The highest BCUT2D eigenvalue weighted by atomic mass is 35.5. The van der Waals surface area contributed by atoms with Gasteiger partial charge in [0.1, 0.15) is 11.4 Å². The van der Waals surface area contributed by atoms with Crippen LogP contribution in [0.5, 0.6) is 5.75 Å². The number of hydrogen-bond acceptors (Lipinski definition) is 4. The van der Waals surface area contributed by atoms with Gasteiger partial charge in [-0.05, 0) is 43.2 Å². The zero-order valence-electron chi connectivity index (χ0n) is 20.2. The first-order chi connectivity index (χ1) is 16.2. The fourth-order valence-electron chi connectivity index (χ4n) is 3.71. The number of sulfonamides is 1. The van der Waals surface area contributed by atoms with Crippen molar-refractivity contribution in [2.24, 2.45) is 0 Å². The zero-order chi connectivity index (χ0) is 25.0. The summed E-state index contributed by atoms with van der Waals surface area (Å²) in [5.41, 5.74) is 0.875. The van der Waals surface area contributed by atoms with Crippen molar-refractivity contribution < 1.29 is 18.3 Å². The van der Waals surface area contributed by atoms with Crippen LogP contribution in [-0.2, 0) is 10.0 Å². The lowest BCUT2D eigenvalue weighted by Crippen LogP contribution is -2.47. The molecule has 0 saturated heterocycles. The summed E-state index contributed by atoms with van der Waals surface area (Å²) in [4.78, 5) is 15.5. The molecule has 0 aliphatic carbocycles. The van der Waals surface area contributed by atoms with E-state index >= 15 is 0 Å². The van der Waals surface area contributed by atoms with E-state index in [4.69, 9.17) is 11.6 Å². The number of phenols is 1. The van der Waals surface area contributed by atoms with Gasteiger partial charge in [-0.2, -0.15) is 0 Å². The number of amides is 1. The first-order valence-electron chi connectivity index (χ1n) is 12.1. The molecule has 6 nitrogen and oxygen atoms in total. The summed E-state index contributed by atoms with van der Waals surface area (Å²) < 4.78 is 25.7. The van der Waals surface area contributed by atoms with Crippen molar-refractivity contribution in [2.45, 2.75) is 78.1 Å². The first kappa shape index (κ1) is 28.1. The fraction of sp³-hybridized carbons (Fsp3) is 0.500. The second-order valence-electron chi connectivity index (χ2n) is 8.69. The van der Waals surface area contributed by atoms with Crippen LogP contribution in [0.15, 0.2) is 42.5 Å². The van der Waals surface area contributed by atoms with Gasteiger partial charge in [-0.25, -0.2) is 13.4 Å². The number of anilines is 1. The normalized spacial score (nSPS) is 11.5. The second-order valence-corrected chi connectivity index (χ2v) is 10.9. The lowest BCUT2D eigenvalue weighted by Gasteiger charge is -2.24. The van der Waals surface area contributed by atoms with Gasteiger partial charge in [-0.3, -0.25) is 4.79 Å². The first-order valence-corrected chi connectivity index (χ1v) is 14.2. The topological polar surface area (TPSA) is 86.7 Å². The minimum atomic E-state index is -3.83. The van der Waals surface area contributed by atoms with Gasteiger partial charge in [0.15, 0.2) is 0 Å². The Kier molecular flexibility index (Phi) is 11.9. The SMILES string of the molecule is CCCCCCCCCCCCS(=O)(=O)NN(C(=O)c1ccccc1)c1cc(Cl)c(C)cc1O. The highest BCUT2D eigenvalue weighted by Gasteiger charge is 2.26. The highest BCUT2D eigenvalue weighted by molar-refractivity contribution is 7.89. The predicted molar refractivity (Wildman–Crippen MR) is 140 cm³/mol. The maximum Gasteiger partial charge on any atom is 0.273 e. The van der Waals surface area contributed by atoms with E-state index in [1.165, 1.54) is 50.7 Å². The third-order valence-corrected chi connectivity index (χ3v) is 7.41. The summed E-state index contributed by atoms with van der Waals surface area (Å²) in [6, 6.07) is 11.1. The van der Waals surface area contributed by atoms with Gasteiger partial charge >= 0.3 is 0 Å². The minimum Gasteiger partial charge on any atom is -0.506 e. The van der Waals surface area contributed by atoms with Gasteiger partial charge in [0, 0.05) is 10.6 Å². The van der Waals surface area contributed by atoms with E-state index in [0.717, 1.165) is 24.3 Å². The lowest BCUT2D eigenvalue weighted by molar-refractivity contribution is 0.0980. The summed E-state index contributed by atoms with van der Waals surface area (Å²) in [6.07, 6.45) is 10.9. The van der Waals surface area contributed by atoms with Crippen LogP contribution in [-0.4, -0.2) is 25.2 Å². The Hall–Kier alpha value is -2.09. The molecule has 0 fully saturated rings. The highest BCUT2D eigenvalue weighted by Crippen LogP contribution is 2.33. The van der Waals surface area contributed by atoms with Crippen LogP contribution in [0.1, 0.15) is 87.1 Å². The number of unbranched alkanes of at least 4 members (excludes halogenated alkanes) is 9. The van der Waals surface area contributed by atoms with E-state index in [1.54, 1.807) is 37.3 Å². The third-order valence-electron chi connectivity index (χ3n) is 5.72. The van der Waals surface area contributed by atoms with E-state index in [2.05, 4.69) is 11.8 Å². The number of halogens is 1. The van der Waals surface area contributed by atoms with Crippen molar-refractivity contribution >= 4 is 33.2 Å². The Morgan fingerprint density at radius 3 is 2.09 bits per heavy atom. The van der Waals surface area contributed by atoms with Crippen LogP contribution in [0.2, 0.25) is 5.02 Å². The molecule has 0 unspecified atom stereocenters. The molecule has 34 heavy (non-hydrogen) atoms. The monoisotopic (exact) mass is 508 g/mol. The van der Waals surface area contributed by atoms with E-state index in [0.29, 0.717) is 17.0 Å². The summed E-state index contributed by atoms with van der Waals surface area (Å²) in [7, 11) is -3.83. The Morgan fingerprint density at radius 2 is 1.50 bits per heavy atom. The number of hydrazine groups is 1. The van der Waals surface area contributed by atoms with Crippen molar-refractivity contribution in [3.05, 3.63) is 58.6 Å². The Bertz CT molecular complexity index is 1010. The zero-order valence-corrected chi connectivity index (χ0v) is 21.8. The van der Waals surface area contributed by atoms with E-state index < -0.39 is 15.9 Å². The van der Waals surface area contributed by atoms with Gasteiger partial charge < -0.3 is 5.11 Å². The van der Waals surface area contributed by atoms with Crippen molar-refractivity contribution in [3.63, 3.8) is 0 Å².